The third kappa shape index (κ3) is 6.83. The Morgan fingerprint density at radius 1 is 1.16 bits per heavy atom. The van der Waals surface area contributed by atoms with Crippen molar-refractivity contribution in [3.63, 3.8) is 0 Å². The molecule has 0 aliphatic carbocycles. The molecule has 1 heterocycles. The maximum absolute atomic E-state index is 15.3. The van der Waals surface area contributed by atoms with Crippen molar-refractivity contribution in [2.75, 3.05) is 44.8 Å². The van der Waals surface area contributed by atoms with Crippen LogP contribution in [0.25, 0.3) is 11.0 Å². The monoisotopic (exact) mass is 536 g/mol. The summed E-state index contributed by atoms with van der Waals surface area (Å²) in [6.45, 7) is 1.14. The predicted molar refractivity (Wildman–Crippen MR) is 139 cm³/mol. The van der Waals surface area contributed by atoms with Gasteiger partial charge in [-0.1, -0.05) is 12.1 Å². The molecule has 3 aromatic rings. The molecule has 0 fully saturated rings. The third-order valence-corrected chi connectivity index (χ3v) is 6.99. The lowest BCUT2D eigenvalue weighted by Gasteiger charge is -2.19. The quantitative estimate of drug-likeness (QED) is 0.231. The van der Waals surface area contributed by atoms with E-state index in [1.165, 1.54) is 36.1 Å². The van der Waals surface area contributed by atoms with Gasteiger partial charge in [-0.05, 0) is 43.3 Å². The molecular formula is C25H30F2N4O5S. The Morgan fingerprint density at radius 3 is 2.54 bits per heavy atom. The second kappa shape index (κ2) is 11.7. The smallest absolute Gasteiger partial charge is 0.340 e. The van der Waals surface area contributed by atoms with E-state index < -0.39 is 28.1 Å². The summed E-state index contributed by atoms with van der Waals surface area (Å²) in [5, 5.41) is 8.41. The van der Waals surface area contributed by atoms with Crippen molar-refractivity contribution in [1.82, 2.24) is 9.80 Å². The van der Waals surface area contributed by atoms with Crippen LogP contribution in [-0.4, -0.2) is 64.4 Å². The lowest BCUT2D eigenvalue weighted by molar-refractivity contribution is 0.288. The number of halogens is 2. The van der Waals surface area contributed by atoms with Crippen molar-refractivity contribution in [2.24, 2.45) is 0 Å². The van der Waals surface area contributed by atoms with Gasteiger partial charge in [0.05, 0.1) is 11.4 Å². The number of ether oxygens (including phenoxy) is 1. The normalized spacial score (nSPS) is 11.6. The highest BCUT2D eigenvalue weighted by atomic mass is 32.2. The standard InChI is InChI=1S/C25H30F2N4O5S/c1-5-37(33,34)29-21-8-6-7-16(23(21)27)13-19-20(15-31(4)12-11-26)18-10-9-17(35-25(28)30(2)3)14-22(18)36-24(19)32/h6-10,14,28-29H,5,11-13,15H2,1-4H3. The van der Waals surface area contributed by atoms with E-state index in [1.54, 1.807) is 38.2 Å². The Hall–Kier alpha value is -3.51. The molecule has 0 unspecified atom stereocenters. The van der Waals surface area contributed by atoms with Crippen LogP contribution in [-0.2, 0) is 23.0 Å². The molecule has 0 saturated heterocycles. The Morgan fingerprint density at radius 2 is 1.89 bits per heavy atom. The first kappa shape index (κ1) is 28.1. The molecule has 1 aromatic heterocycles. The summed E-state index contributed by atoms with van der Waals surface area (Å²) >= 11 is 0. The second-order valence-electron chi connectivity index (χ2n) is 8.69. The van der Waals surface area contributed by atoms with E-state index in [0.29, 0.717) is 10.9 Å². The zero-order chi connectivity index (χ0) is 27.3. The van der Waals surface area contributed by atoms with Crippen molar-refractivity contribution in [3.05, 3.63) is 69.3 Å². The van der Waals surface area contributed by atoms with Gasteiger partial charge in [-0.15, -0.1) is 0 Å². The van der Waals surface area contributed by atoms with Gasteiger partial charge in [-0.3, -0.25) is 15.0 Å². The summed E-state index contributed by atoms with van der Waals surface area (Å²) in [5.74, 6) is -0.740. The number of fused-ring (bicyclic) bond motifs is 1. The first-order valence-corrected chi connectivity index (χ1v) is 13.2. The zero-order valence-electron chi connectivity index (χ0n) is 21.1. The van der Waals surface area contributed by atoms with Crippen LogP contribution in [0.5, 0.6) is 5.75 Å². The van der Waals surface area contributed by atoms with Crippen LogP contribution in [0.4, 0.5) is 14.5 Å². The third-order valence-electron chi connectivity index (χ3n) is 5.70. The molecular weight excluding hydrogens is 506 g/mol. The average molecular weight is 537 g/mol. The van der Waals surface area contributed by atoms with Gasteiger partial charge in [0, 0.05) is 50.6 Å². The van der Waals surface area contributed by atoms with Crippen LogP contribution in [0.2, 0.25) is 0 Å². The fraction of sp³-hybridized carbons (Fsp3) is 0.360. The molecule has 37 heavy (non-hydrogen) atoms. The summed E-state index contributed by atoms with van der Waals surface area (Å²) in [6.07, 6.45) is -0.172. The molecule has 0 radical (unpaired) electrons. The first-order valence-electron chi connectivity index (χ1n) is 11.5. The zero-order valence-corrected chi connectivity index (χ0v) is 21.9. The van der Waals surface area contributed by atoms with Crippen molar-refractivity contribution < 1.29 is 26.4 Å². The topological polar surface area (TPSA) is 116 Å². The second-order valence-corrected chi connectivity index (χ2v) is 10.7. The summed E-state index contributed by atoms with van der Waals surface area (Å²) in [5.41, 5.74) is 0.0569. The van der Waals surface area contributed by atoms with Gasteiger partial charge < -0.3 is 14.1 Å². The van der Waals surface area contributed by atoms with Crippen LogP contribution < -0.4 is 15.1 Å². The van der Waals surface area contributed by atoms with Crippen LogP contribution in [0.15, 0.2) is 45.6 Å². The van der Waals surface area contributed by atoms with Crippen molar-refractivity contribution >= 4 is 32.7 Å². The number of hydrogen-bond donors (Lipinski definition) is 2. The molecule has 0 spiro atoms. The minimum atomic E-state index is -3.71. The van der Waals surface area contributed by atoms with E-state index in [1.807, 2.05) is 0 Å². The van der Waals surface area contributed by atoms with E-state index in [2.05, 4.69) is 4.72 Å². The highest BCUT2D eigenvalue weighted by molar-refractivity contribution is 7.92. The Bertz CT molecular complexity index is 1460. The van der Waals surface area contributed by atoms with Gasteiger partial charge in [-0.25, -0.2) is 22.0 Å². The van der Waals surface area contributed by atoms with Crippen LogP contribution in [0, 0.1) is 11.2 Å². The molecule has 9 nitrogen and oxygen atoms in total. The summed E-state index contributed by atoms with van der Waals surface area (Å²) in [6, 6.07) is 8.91. The van der Waals surface area contributed by atoms with Crippen LogP contribution >= 0.6 is 0 Å². The number of rotatable bonds is 10. The highest BCUT2D eigenvalue weighted by Gasteiger charge is 2.21. The molecule has 0 amide bonds. The van der Waals surface area contributed by atoms with Crippen LogP contribution in [0.1, 0.15) is 23.6 Å². The van der Waals surface area contributed by atoms with E-state index in [4.69, 9.17) is 14.6 Å². The number of nitrogens with zero attached hydrogens (tertiary/aromatic N) is 2. The van der Waals surface area contributed by atoms with Gasteiger partial charge in [0.1, 0.15) is 18.0 Å². The molecule has 0 atom stereocenters. The fourth-order valence-corrected chi connectivity index (χ4v) is 4.27. The molecule has 2 N–H and O–H groups in total. The Labute approximate surface area is 214 Å². The van der Waals surface area contributed by atoms with E-state index in [9.17, 15) is 17.6 Å². The molecule has 0 aliphatic rings. The minimum absolute atomic E-state index is 0.0942. The number of amidine groups is 1. The van der Waals surface area contributed by atoms with Crippen LogP contribution in [0.3, 0.4) is 0 Å². The predicted octanol–water partition coefficient (Wildman–Crippen LogP) is 3.56. The number of benzene rings is 2. The minimum Gasteiger partial charge on any atom is -0.426 e. The maximum Gasteiger partial charge on any atom is 0.340 e. The lowest BCUT2D eigenvalue weighted by Crippen LogP contribution is -2.26. The molecule has 0 aliphatic heterocycles. The summed E-state index contributed by atoms with van der Waals surface area (Å²) in [4.78, 5) is 16.3. The fourth-order valence-electron chi connectivity index (χ4n) is 3.63. The van der Waals surface area contributed by atoms with Gasteiger partial charge >= 0.3 is 5.63 Å². The number of nitrogens with one attached hydrogen (secondary N) is 2. The summed E-state index contributed by atoms with van der Waals surface area (Å²) in [7, 11) is 1.28. The largest absolute Gasteiger partial charge is 0.426 e. The maximum atomic E-state index is 15.3. The highest BCUT2D eigenvalue weighted by Crippen LogP contribution is 2.28. The van der Waals surface area contributed by atoms with E-state index >= 15 is 4.39 Å². The molecule has 3 rings (SSSR count). The molecule has 0 saturated carbocycles. The SMILES string of the molecule is CCS(=O)(=O)Nc1cccc(Cc2c(CN(C)CCF)c3ccc(OC(=N)N(C)C)cc3oc2=O)c1F. The van der Waals surface area contributed by atoms with E-state index in [0.717, 1.165) is 0 Å². The van der Waals surface area contributed by atoms with Gasteiger partial charge in [-0.2, -0.15) is 0 Å². The molecule has 12 heteroatoms. The van der Waals surface area contributed by atoms with Crippen molar-refractivity contribution in [3.8, 4) is 5.75 Å². The van der Waals surface area contributed by atoms with Gasteiger partial charge in [0.2, 0.25) is 10.0 Å². The van der Waals surface area contributed by atoms with Crippen molar-refractivity contribution in [2.45, 2.75) is 19.9 Å². The van der Waals surface area contributed by atoms with E-state index in [-0.39, 0.29) is 59.4 Å². The van der Waals surface area contributed by atoms with Crippen molar-refractivity contribution in [1.29, 1.82) is 5.41 Å². The molecule has 200 valence electrons. The number of sulfonamides is 1. The first-order chi connectivity index (χ1) is 17.5. The number of hydrogen-bond acceptors (Lipinski definition) is 7. The average Bonchev–Trinajstić information content (AvgIpc) is 2.83. The number of anilines is 1. The summed E-state index contributed by atoms with van der Waals surface area (Å²) < 4.78 is 65.4. The Kier molecular flexibility index (Phi) is 8.87. The lowest BCUT2D eigenvalue weighted by atomic mass is 9.97. The Balaban J connectivity index is 2.11. The van der Waals surface area contributed by atoms with Gasteiger partial charge in [0.25, 0.3) is 6.02 Å². The molecule has 0 bridgehead atoms. The van der Waals surface area contributed by atoms with Gasteiger partial charge in [0.15, 0.2) is 5.82 Å². The number of alkyl halides is 1. The molecule has 2 aromatic carbocycles.